The quantitative estimate of drug-likeness (QED) is 0.669. The minimum absolute atomic E-state index is 0.379. The van der Waals surface area contributed by atoms with Gasteiger partial charge >= 0.3 is 0 Å². The SMILES string of the molecule is COc1cccc(-c2ccc(C(CS(=O)(=O)O)c3ccncc3)cc2)c1. The second-order valence-corrected chi connectivity index (χ2v) is 7.43. The molecule has 1 heterocycles. The zero-order chi connectivity index (χ0) is 18.6. The molecule has 0 fully saturated rings. The molecule has 0 amide bonds. The van der Waals surface area contributed by atoms with E-state index in [2.05, 4.69) is 4.98 Å². The van der Waals surface area contributed by atoms with Gasteiger partial charge in [0, 0.05) is 18.3 Å². The monoisotopic (exact) mass is 369 g/mol. The van der Waals surface area contributed by atoms with Gasteiger partial charge in [-0.15, -0.1) is 0 Å². The molecule has 2 aromatic carbocycles. The third kappa shape index (κ3) is 4.47. The average Bonchev–Trinajstić information content (AvgIpc) is 2.66. The van der Waals surface area contributed by atoms with Crippen LogP contribution in [0.25, 0.3) is 11.1 Å². The standard InChI is InChI=1S/C20H19NO4S/c1-25-19-4-2-3-18(13-19)15-5-7-16(8-6-15)20(14-26(22,23)24)17-9-11-21-12-10-17/h2-13,20H,14H2,1H3,(H,22,23,24). The molecule has 1 atom stereocenters. The Labute approximate surface area is 153 Å². The highest BCUT2D eigenvalue weighted by atomic mass is 32.2. The Morgan fingerprint density at radius 2 is 1.62 bits per heavy atom. The number of benzene rings is 2. The zero-order valence-electron chi connectivity index (χ0n) is 14.2. The number of nitrogens with zero attached hydrogens (tertiary/aromatic N) is 1. The fourth-order valence-corrected chi connectivity index (χ4v) is 3.71. The molecular weight excluding hydrogens is 350 g/mol. The highest BCUT2D eigenvalue weighted by Crippen LogP contribution is 2.29. The van der Waals surface area contributed by atoms with Gasteiger partial charge in [-0.1, -0.05) is 36.4 Å². The number of pyridine rings is 1. The second kappa shape index (κ2) is 7.68. The number of ether oxygens (including phenoxy) is 1. The molecule has 0 aliphatic rings. The summed E-state index contributed by atoms with van der Waals surface area (Å²) in [6.45, 7) is 0. The molecule has 3 aromatic rings. The summed E-state index contributed by atoms with van der Waals surface area (Å²) >= 11 is 0. The fraction of sp³-hybridized carbons (Fsp3) is 0.150. The van der Waals surface area contributed by atoms with Gasteiger partial charge in [0.2, 0.25) is 0 Å². The van der Waals surface area contributed by atoms with E-state index in [1.54, 1.807) is 31.6 Å². The molecule has 0 radical (unpaired) electrons. The third-order valence-electron chi connectivity index (χ3n) is 4.20. The van der Waals surface area contributed by atoms with Crippen LogP contribution in [0.1, 0.15) is 17.0 Å². The van der Waals surface area contributed by atoms with E-state index in [0.29, 0.717) is 0 Å². The van der Waals surface area contributed by atoms with E-state index in [1.807, 2.05) is 48.5 Å². The minimum atomic E-state index is -4.13. The van der Waals surface area contributed by atoms with Gasteiger partial charge in [-0.25, -0.2) is 0 Å². The molecule has 0 bridgehead atoms. The Hall–Kier alpha value is -2.70. The summed E-state index contributed by atoms with van der Waals surface area (Å²) in [5, 5.41) is 0. The first-order chi connectivity index (χ1) is 12.5. The van der Waals surface area contributed by atoms with Crippen molar-refractivity contribution in [3.63, 3.8) is 0 Å². The van der Waals surface area contributed by atoms with Crippen molar-refractivity contribution in [3.05, 3.63) is 84.2 Å². The van der Waals surface area contributed by atoms with E-state index in [-0.39, 0.29) is 5.75 Å². The normalized spacial score (nSPS) is 12.5. The van der Waals surface area contributed by atoms with E-state index >= 15 is 0 Å². The van der Waals surface area contributed by atoms with Crippen LogP contribution >= 0.6 is 0 Å². The lowest BCUT2D eigenvalue weighted by Crippen LogP contribution is -2.15. The average molecular weight is 369 g/mol. The van der Waals surface area contributed by atoms with Crippen LogP contribution in [0.15, 0.2) is 73.1 Å². The van der Waals surface area contributed by atoms with Crippen molar-refractivity contribution in [1.29, 1.82) is 0 Å². The van der Waals surface area contributed by atoms with Gasteiger partial charge in [0.1, 0.15) is 5.75 Å². The van der Waals surface area contributed by atoms with Gasteiger partial charge in [0.25, 0.3) is 10.1 Å². The summed E-state index contributed by atoms with van der Waals surface area (Å²) in [4.78, 5) is 3.96. The summed E-state index contributed by atoms with van der Waals surface area (Å²) in [6, 6.07) is 18.9. The lowest BCUT2D eigenvalue weighted by molar-refractivity contribution is 0.415. The first kappa shape index (κ1) is 18.1. The highest BCUT2D eigenvalue weighted by molar-refractivity contribution is 7.85. The van der Waals surface area contributed by atoms with Crippen molar-refractivity contribution in [2.45, 2.75) is 5.92 Å². The maximum atomic E-state index is 11.5. The smallest absolute Gasteiger partial charge is 0.265 e. The van der Waals surface area contributed by atoms with Crippen molar-refractivity contribution in [2.24, 2.45) is 0 Å². The molecule has 26 heavy (non-hydrogen) atoms. The van der Waals surface area contributed by atoms with Gasteiger partial charge < -0.3 is 4.74 Å². The fourth-order valence-electron chi connectivity index (χ4n) is 2.90. The summed E-state index contributed by atoms with van der Waals surface area (Å²) in [7, 11) is -2.51. The number of methoxy groups -OCH3 is 1. The van der Waals surface area contributed by atoms with Crippen LogP contribution in [0.4, 0.5) is 0 Å². The molecule has 0 aliphatic heterocycles. The molecule has 6 heteroatoms. The minimum Gasteiger partial charge on any atom is -0.497 e. The number of hydrogen-bond donors (Lipinski definition) is 1. The van der Waals surface area contributed by atoms with Crippen LogP contribution in [0, 0.1) is 0 Å². The molecule has 5 nitrogen and oxygen atoms in total. The van der Waals surface area contributed by atoms with Gasteiger partial charge in [-0.3, -0.25) is 9.54 Å². The van der Waals surface area contributed by atoms with Crippen molar-refractivity contribution in [3.8, 4) is 16.9 Å². The van der Waals surface area contributed by atoms with Gasteiger partial charge in [-0.05, 0) is 46.5 Å². The number of aromatic nitrogens is 1. The van der Waals surface area contributed by atoms with Crippen molar-refractivity contribution in [2.75, 3.05) is 12.9 Å². The molecule has 0 saturated heterocycles. The number of hydrogen-bond acceptors (Lipinski definition) is 4. The maximum Gasteiger partial charge on any atom is 0.265 e. The molecular formula is C20H19NO4S. The van der Waals surface area contributed by atoms with Crippen LogP contribution in [0.3, 0.4) is 0 Å². The molecule has 1 aromatic heterocycles. The summed E-state index contributed by atoms with van der Waals surface area (Å²) in [6.07, 6.45) is 3.22. The predicted molar refractivity (Wildman–Crippen MR) is 101 cm³/mol. The molecule has 1 unspecified atom stereocenters. The summed E-state index contributed by atoms with van der Waals surface area (Å²) in [5.74, 6) is -0.0739. The lowest BCUT2D eigenvalue weighted by atomic mass is 9.92. The van der Waals surface area contributed by atoms with Crippen LogP contribution in [-0.4, -0.2) is 30.8 Å². The molecule has 1 N–H and O–H groups in total. The van der Waals surface area contributed by atoms with Crippen molar-refractivity contribution < 1.29 is 17.7 Å². The Balaban J connectivity index is 1.95. The second-order valence-electron chi connectivity index (χ2n) is 5.94. The van der Waals surface area contributed by atoms with E-state index in [0.717, 1.165) is 28.0 Å². The molecule has 0 saturated carbocycles. The molecule has 0 aliphatic carbocycles. The van der Waals surface area contributed by atoms with Gasteiger partial charge in [-0.2, -0.15) is 8.42 Å². The van der Waals surface area contributed by atoms with Crippen LogP contribution in [0.2, 0.25) is 0 Å². The first-order valence-corrected chi connectivity index (χ1v) is 9.66. The van der Waals surface area contributed by atoms with E-state index in [4.69, 9.17) is 4.74 Å². The highest BCUT2D eigenvalue weighted by Gasteiger charge is 2.21. The lowest BCUT2D eigenvalue weighted by Gasteiger charge is -2.17. The van der Waals surface area contributed by atoms with Crippen molar-refractivity contribution in [1.82, 2.24) is 4.98 Å². The van der Waals surface area contributed by atoms with Crippen molar-refractivity contribution >= 4 is 10.1 Å². The van der Waals surface area contributed by atoms with E-state index in [9.17, 15) is 13.0 Å². The van der Waals surface area contributed by atoms with Gasteiger partial charge in [0.05, 0.1) is 12.9 Å². The molecule has 134 valence electrons. The Bertz CT molecular complexity index is 970. The van der Waals surface area contributed by atoms with Crippen LogP contribution < -0.4 is 4.74 Å². The maximum absolute atomic E-state index is 11.5. The summed E-state index contributed by atoms with van der Waals surface area (Å²) < 4.78 is 37.5. The Morgan fingerprint density at radius 3 is 2.23 bits per heavy atom. The van der Waals surface area contributed by atoms with Crippen LogP contribution in [0.5, 0.6) is 5.75 Å². The summed E-state index contributed by atoms with van der Waals surface area (Å²) in [5.41, 5.74) is 3.59. The third-order valence-corrected chi connectivity index (χ3v) is 4.96. The molecule has 0 spiro atoms. The first-order valence-electron chi connectivity index (χ1n) is 8.06. The van der Waals surface area contributed by atoms with E-state index in [1.165, 1.54) is 0 Å². The Kier molecular flexibility index (Phi) is 5.35. The Morgan fingerprint density at radius 1 is 0.962 bits per heavy atom. The predicted octanol–water partition coefficient (Wildman–Crippen LogP) is 3.78. The van der Waals surface area contributed by atoms with Gasteiger partial charge in [0.15, 0.2) is 0 Å². The largest absolute Gasteiger partial charge is 0.497 e. The zero-order valence-corrected chi connectivity index (χ0v) is 15.1. The molecule has 3 rings (SSSR count). The topological polar surface area (TPSA) is 76.5 Å². The van der Waals surface area contributed by atoms with E-state index < -0.39 is 16.0 Å². The van der Waals surface area contributed by atoms with Crippen LogP contribution in [-0.2, 0) is 10.1 Å². The number of rotatable bonds is 6.